The first kappa shape index (κ1) is 10.0. The van der Waals surface area contributed by atoms with E-state index in [9.17, 15) is 5.11 Å². The Labute approximate surface area is 90.1 Å². The van der Waals surface area contributed by atoms with Gasteiger partial charge in [-0.05, 0) is 31.0 Å². The van der Waals surface area contributed by atoms with Gasteiger partial charge in [0.15, 0.2) is 0 Å². The third-order valence-corrected chi connectivity index (χ3v) is 2.68. The molecule has 0 saturated carbocycles. The highest BCUT2D eigenvalue weighted by atomic mass is 16.3. The molecule has 3 heteroatoms. The molecule has 15 heavy (non-hydrogen) atoms. The molecule has 0 aliphatic carbocycles. The second-order valence-electron chi connectivity index (χ2n) is 3.94. The number of aromatic hydroxyl groups is 1. The van der Waals surface area contributed by atoms with Gasteiger partial charge in [-0.2, -0.15) is 0 Å². The zero-order chi connectivity index (χ0) is 10.8. The lowest BCUT2D eigenvalue weighted by molar-refractivity contribution is 0.475. The fraction of sp³-hybridized carbons (Fsp3) is 0.417. The van der Waals surface area contributed by atoms with Gasteiger partial charge in [0.1, 0.15) is 5.75 Å². The van der Waals surface area contributed by atoms with E-state index in [0.717, 1.165) is 24.2 Å². The van der Waals surface area contributed by atoms with Crippen LogP contribution in [0.4, 0.5) is 5.69 Å². The smallest absolute Gasteiger partial charge is 0.139 e. The van der Waals surface area contributed by atoms with E-state index in [1.807, 2.05) is 23.1 Å². The molecule has 1 heterocycles. The predicted octanol–water partition coefficient (Wildman–Crippen LogP) is 2.19. The SMILES string of the molecule is CCc1ccc(N2C=NC(C)C2)c(O)c1. The highest BCUT2D eigenvalue weighted by molar-refractivity contribution is 5.84. The van der Waals surface area contributed by atoms with Gasteiger partial charge in [-0.1, -0.05) is 13.0 Å². The molecule has 1 aromatic rings. The maximum atomic E-state index is 9.87. The van der Waals surface area contributed by atoms with E-state index in [1.54, 1.807) is 6.34 Å². The average molecular weight is 204 g/mol. The van der Waals surface area contributed by atoms with Crippen LogP contribution in [0.5, 0.6) is 5.75 Å². The zero-order valence-corrected chi connectivity index (χ0v) is 9.14. The van der Waals surface area contributed by atoms with Crippen molar-refractivity contribution < 1.29 is 5.11 Å². The predicted molar refractivity (Wildman–Crippen MR) is 62.8 cm³/mol. The molecule has 0 bridgehead atoms. The van der Waals surface area contributed by atoms with Gasteiger partial charge < -0.3 is 10.0 Å². The molecule has 0 saturated heterocycles. The molecule has 0 aromatic heterocycles. The first-order valence-electron chi connectivity index (χ1n) is 5.32. The Morgan fingerprint density at radius 3 is 2.87 bits per heavy atom. The molecule has 1 N–H and O–H groups in total. The van der Waals surface area contributed by atoms with Crippen LogP contribution in [0.2, 0.25) is 0 Å². The zero-order valence-electron chi connectivity index (χ0n) is 9.14. The summed E-state index contributed by atoms with van der Waals surface area (Å²) in [5.41, 5.74) is 2.00. The molecule has 1 aliphatic rings. The maximum absolute atomic E-state index is 9.87. The van der Waals surface area contributed by atoms with Crippen LogP contribution in [0.3, 0.4) is 0 Å². The summed E-state index contributed by atoms with van der Waals surface area (Å²) in [6.45, 7) is 4.99. The molecule has 0 spiro atoms. The molecule has 1 aromatic carbocycles. The number of hydrogen-bond donors (Lipinski definition) is 1. The Kier molecular flexibility index (Phi) is 2.62. The molecule has 3 nitrogen and oxygen atoms in total. The molecule has 1 unspecified atom stereocenters. The van der Waals surface area contributed by atoms with Crippen LogP contribution < -0.4 is 4.90 Å². The van der Waals surface area contributed by atoms with Crippen molar-refractivity contribution in [3.8, 4) is 5.75 Å². The van der Waals surface area contributed by atoms with E-state index in [1.165, 1.54) is 0 Å². The molecule has 0 fully saturated rings. The van der Waals surface area contributed by atoms with Gasteiger partial charge in [0, 0.05) is 6.54 Å². The minimum Gasteiger partial charge on any atom is -0.506 e. The minimum absolute atomic E-state index is 0.315. The summed E-state index contributed by atoms with van der Waals surface area (Å²) in [6, 6.07) is 6.14. The van der Waals surface area contributed by atoms with E-state index in [0.29, 0.717) is 11.8 Å². The first-order chi connectivity index (χ1) is 7.20. The Balaban J connectivity index is 2.26. The van der Waals surface area contributed by atoms with Crippen LogP contribution >= 0.6 is 0 Å². The van der Waals surface area contributed by atoms with Gasteiger partial charge >= 0.3 is 0 Å². The molecule has 1 aliphatic heterocycles. The largest absolute Gasteiger partial charge is 0.506 e. The van der Waals surface area contributed by atoms with Gasteiger partial charge in [-0.3, -0.25) is 4.99 Å². The van der Waals surface area contributed by atoms with Crippen LogP contribution in [-0.2, 0) is 6.42 Å². The summed E-state index contributed by atoms with van der Waals surface area (Å²) in [4.78, 5) is 6.25. The monoisotopic (exact) mass is 204 g/mol. The number of rotatable bonds is 2. The number of aryl methyl sites for hydroxylation is 1. The van der Waals surface area contributed by atoms with E-state index in [4.69, 9.17) is 0 Å². The lowest BCUT2D eigenvalue weighted by Crippen LogP contribution is -2.21. The highest BCUT2D eigenvalue weighted by Gasteiger charge is 2.16. The number of phenols is 1. The van der Waals surface area contributed by atoms with Crippen molar-refractivity contribution in [2.45, 2.75) is 26.3 Å². The Morgan fingerprint density at radius 1 is 1.53 bits per heavy atom. The van der Waals surface area contributed by atoms with Gasteiger partial charge in [-0.25, -0.2) is 0 Å². The van der Waals surface area contributed by atoms with Crippen molar-refractivity contribution in [3.05, 3.63) is 23.8 Å². The number of phenolic OH excluding ortho intramolecular Hbond substituents is 1. The lowest BCUT2D eigenvalue weighted by atomic mass is 10.1. The standard InChI is InChI=1S/C12H16N2O/c1-3-10-4-5-11(12(15)6-10)14-7-9(2)13-8-14/h4-6,8-9,15H,3,7H2,1-2H3. The average Bonchev–Trinajstić information content (AvgIpc) is 2.64. The summed E-state index contributed by atoms with van der Waals surface area (Å²) in [7, 11) is 0. The number of benzene rings is 1. The molecular formula is C12H16N2O. The van der Waals surface area contributed by atoms with E-state index < -0.39 is 0 Å². The number of nitrogens with zero attached hydrogens (tertiary/aromatic N) is 2. The summed E-state index contributed by atoms with van der Waals surface area (Å²) in [6.07, 6.45) is 2.74. The minimum atomic E-state index is 0.315. The molecule has 0 radical (unpaired) electrons. The van der Waals surface area contributed by atoms with E-state index in [-0.39, 0.29) is 0 Å². The Bertz CT molecular complexity index is 387. The summed E-state index contributed by atoms with van der Waals surface area (Å²) in [5, 5.41) is 9.87. The van der Waals surface area contributed by atoms with Crippen LogP contribution in [0.25, 0.3) is 0 Å². The summed E-state index contributed by atoms with van der Waals surface area (Å²) in [5.74, 6) is 0.343. The second kappa shape index (κ2) is 3.93. The van der Waals surface area contributed by atoms with Gasteiger partial charge in [-0.15, -0.1) is 0 Å². The Hall–Kier alpha value is -1.51. The summed E-state index contributed by atoms with van der Waals surface area (Å²) >= 11 is 0. The normalized spacial score (nSPS) is 19.9. The van der Waals surface area contributed by atoms with Crippen molar-refractivity contribution in [2.75, 3.05) is 11.4 Å². The molecule has 80 valence electrons. The fourth-order valence-electron chi connectivity index (χ4n) is 1.77. The quantitative estimate of drug-likeness (QED) is 0.801. The molecule has 2 rings (SSSR count). The van der Waals surface area contributed by atoms with Gasteiger partial charge in [0.2, 0.25) is 0 Å². The van der Waals surface area contributed by atoms with Gasteiger partial charge in [0.25, 0.3) is 0 Å². The van der Waals surface area contributed by atoms with E-state index in [2.05, 4.69) is 18.8 Å². The van der Waals surface area contributed by atoms with Crippen molar-refractivity contribution in [1.29, 1.82) is 0 Å². The number of hydrogen-bond acceptors (Lipinski definition) is 3. The molecule has 1 atom stereocenters. The lowest BCUT2D eigenvalue weighted by Gasteiger charge is -2.17. The van der Waals surface area contributed by atoms with Crippen molar-refractivity contribution >= 4 is 12.0 Å². The van der Waals surface area contributed by atoms with Crippen LogP contribution in [-0.4, -0.2) is 24.0 Å². The second-order valence-corrected chi connectivity index (χ2v) is 3.94. The summed E-state index contributed by atoms with van der Waals surface area (Å²) < 4.78 is 0. The van der Waals surface area contributed by atoms with Crippen molar-refractivity contribution in [1.82, 2.24) is 0 Å². The third-order valence-electron chi connectivity index (χ3n) is 2.68. The van der Waals surface area contributed by atoms with Crippen LogP contribution in [0.1, 0.15) is 19.4 Å². The van der Waals surface area contributed by atoms with Crippen LogP contribution in [0, 0.1) is 0 Å². The van der Waals surface area contributed by atoms with Crippen molar-refractivity contribution in [2.24, 2.45) is 4.99 Å². The first-order valence-corrected chi connectivity index (χ1v) is 5.32. The fourth-order valence-corrected chi connectivity index (χ4v) is 1.77. The molecular weight excluding hydrogens is 188 g/mol. The highest BCUT2D eigenvalue weighted by Crippen LogP contribution is 2.29. The molecule has 0 amide bonds. The number of anilines is 1. The van der Waals surface area contributed by atoms with Crippen molar-refractivity contribution in [3.63, 3.8) is 0 Å². The maximum Gasteiger partial charge on any atom is 0.139 e. The topological polar surface area (TPSA) is 35.8 Å². The van der Waals surface area contributed by atoms with E-state index >= 15 is 0 Å². The third kappa shape index (κ3) is 1.96. The Morgan fingerprint density at radius 2 is 2.33 bits per heavy atom. The van der Waals surface area contributed by atoms with Crippen LogP contribution in [0.15, 0.2) is 23.2 Å². The number of aliphatic imine (C=N–C) groups is 1. The van der Waals surface area contributed by atoms with Gasteiger partial charge in [0.05, 0.1) is 18.1 Å².